The summed E-state index contributed by atoms with van der Waals surface area (Å²) < 4.78 is 1.96. The predicted octanol–water partition coefficient (Wildman–Crippen LogP) is 4.01. The molecule has 1 aromatic heterocycles. The highest BCUT2D eigenvalue weighted by Crippen LogP contribution is 2.13. The molecular formula is C25H33IN6. The summed E-state index contributed by atoms with van der Waals surface area (Å²) >= 11 is 0. The largest absolute Gasteiger partial charge is 0.352 e. The minimum absolute atomic E-state index is 0. The first kappa shape index (κ1) is 24.3. The summed E-state index contributed by atoms with van der Waals surface area (Å²) in [5.74, 6) is 0.789. The van der Waals surface area contributed by atoms with Crippen LogP contribution in [-0.2, 0) is 26.2 Å². The number of nitrogens with zero attached hydrogens (tertiary/aromatic N) is 4. The van der Waals surface area contributed by atoms with E-state index in [-0.39, 0.29) is 24.0 Å². The van der Waals surface area contributed by atoms with E-state index in [0.717, 1.165) is 31.2 Å². The van der Waals surface area contributed by atoms with Gasteiger partial charge in [0, 0.05) is 38.4 Å². The Kier molecular flexibility index (Phi) is 9.55. The topological polar surface area (TPSA) is 57.5 Å². The molecule has 0 bridgehead atoms. The molecule has 0 radical (unpaired) electrons. The summed E-state index contributed by atoms with van der Waals surface area (Å²) in [4.78, 5) is 6.87. The van der Waals surface area contributed by atoms with Gasteiger partial charge in [0.15, 0.2) is 5.96 Å². The molecule has 1 aliphatic heterocycles. The Hall–Kier alpha value is -2.39. The number of halogens is 1. The van der Waals surface area contributed by atoms with Crippen molar-refractivity contribution in [2.24, 2.45) is 4.99 Å². The summed E-state index contributed by atoms with van der Waals surface area (Å²) in [6.45, 7) is 5.74. The fraction of sp³-hybridized carbons (Fsp3) is 0.360. The Bertz CT molecular complexity index is 962. The van der Waals surface area contributed by atoms with E-state index >= 15 is 0 Å². The van der Waals surface area contributed by atoms with Crippen LogP contribution in [0.15, 0.2) is 72.0 Å². The van der Waals surface area contributed by atoms with Gasteiger partial charge in [0.05, 0.1) is 12.7 Å². The molecule has 170 valence electrons. The van der Waals surface area contributed by atoms with Crippen molar-refractivity contribution in [3.63, 3.8) is 0 Å². The number of hydrogen-bond donors (Lipinski definition) is 2. The van der Waals surface area contributed by atoms with Crippen LogP contribution in [0, 0.1) is 0 Å². The molecule has 6 nitrogen and oxygen atoms in total. The van der Waals surface area contributed by atoms with Gasteiger partial charge in [-0.05, 0) is 42.6 Å². The van der Waals surface area contributed by atoms with Gasteiger partial charge in [-0.1, -0.05) is 54.6 Å². The molecule has 7 heteroatoms. The van der Waals surface area contributed by atoms with Crippen molar-refractivity contribution in [2.45, 2.75) is 39.0 Å². The van der Waals surface area contributed by atoms with Crippen LogP contribution in [0.4, 0.5) is 0 Å². The van der Waals surface area contributed by atoms with E-state index in [4.69, 9.17) is 0 Å². The zero-order valence-corrected chi connectivity index (χ0v) is 21.0. The van der Waals surface area contributed by atoms with Crippen molar-refractivity contribution >= 4 is 29.9 Å². The Morgan fingerprint density at radius 1 is 0.844 bits per heavy atom. The number of hydrogen-bond acceptors (Lipinski definition) is 3. The van der Waals surface area contributed by atoms with E-state index in [0.29, 0.717) is 6.54 Å². The number of guanidine groups is 1. The zero-order chi connectivity index (χ0) is 21.3. The summed E-state index contributed by atoms with van der Waals surface area (Å²) in [7, 11) is 1.80. The lowest BCUT2D eigenvalue weighted by Gasteiger charge is -2.15. The second-order valence-corrected chi connectivity index (χ2v) is 8.11. The molecule has 2 N–H and O–H groups in total. The highest BCUT2D eigenvalue weighted by atomic mass is 127. The second kappa shape index (κ2) is 12.6. The highest BCUT2D eigenvalue weighted by molar-refractivity contribution is 14.0. The Morgan fingerprint density at radius 3 is 2.16 bits per heavy atom. The van der Waals surface area contributed by atoms with Gasteiger partial charge in [-0.3, -0.25) is 14.6 Å². The number of benzene rings is 2. The smallest absolute Gasteiger partial charge is 0.191 e. The highest BCUT2D eigenvalue weighted by Gasteiger charge is 2.11. The maximum atomic E-state index is 4.47. The van der Waals surface area contributed by atoms with Gasteiger partial charge in [-0.25, -0.2) is 0 Å². The lowest BCUT2D eigenvalue weighted by Crippen LogP contribution is -2.36. The molecule has 0 spiro atoms. The molecule has 1 saturated heterocycles. The summed E-state index contributed by atoms with van der Waals surface area (Å²) in [5, 5.41) is 11.2. The third kappa shape index (κ3) is 7.34. The number of aliphatic imine (C=N–C) groups is 1. The van der Waals surface area contributed by atoms with E-state index in [2.05, 4.69) is 80.4 Å². The number of rotatable bonds is 8. The van der Waals surface area contributed by atoms with Crippen LogP contribution in [0.2, 0.25) is 0 Å². The Labute approximate surface area is 208 Å². The van der Waals surface area contributed by atoms with E-state index < -0.39 is 0 Å². The predicted molar refractivity (Wildman–Crippen MR) is 141 cm³/mol. The van der Waals surface area contributed by atoms with E-state index in [1.54, 1.807) is 7.05 Å². The molecule has 0 aliphatic carbocycles. The monoisotopic (exact) mass is 544 g/mol. The average molecular weight is 544 g/mol. The second-order valence-electron chi connectivity index (χ2n) is 8.11. The molecule has 3 aromatic rings. The molecule has 0 atom stereocenters. The summed E-state index contributed by atoms with van der Waals surface area (Å²) in [5.41, 5.74) is 5.02. The molecular weight excluding hydrogens is 511 g/mol. The zero-order valence-electron chi connectivity index (χ0n) is 18.7. The van der Waals surface area contributed by atoms with Gasteiger partial charge in [0.1, 0.15) is 0 Å². The van der Waals surface area contributed by atoms with Gasteiger partial charge in [-0.2, -0.15) is 5.10 Å². The van der Waals surface area contributed by atoms with Gasteiger partial charge >= 0.3 is 0 Å². The molecule has 2 heterocycles. The lowest BCUT2D eigenvalue weighted by atomic mass is 10.1. The van der Waals surface area contributed by atoms with Crippen molar-refractivity contribution in [2.75, 3.05) is 20.1 Å². The minimum atomic E-state index is 0. The van der Waals surface area contributed by atoms with Crippen LogP contribution < -0.4 is 10.6 Å². The van der Waals surface area contributed by atoms with Crippen LogP contribution >= 0.6 is 24.0 Å². The van der Waals surface area contributed by atoms with E-state index in [9.17, 15) is 0 Å². The fourth-order valence-electron chi connectivity index (χ4n) is 3.91. The molecule has 1 fully saturated rings. The van der Waals surface area contributed by atoms with Gasteiger partial charge < -0.3 is 10.6 Å². The van der Waals surface area contributed by atoms with E-state index in [1.807, 2.05) is 16.9 Å². The molecule has 0 saturated carbocycles. The SMILES string of the molecule is CN=C(NCc1ccc(CN2CCCC2)cc1)NCc1cnn(Cc2ccccc2)c1.I. The maximum absolute atomic E-state index is 4.47. The van der Waals surface area contributed by atoms with Crippen molar-refractivity contribution in [3.05, 3.63) is 89.2 Å². The quantitative estimate of drug-likeness (QED) is 0.256. The lowest BCUT2D eigenvalue weighted by molar-refractivity contribution is 0.331. The first-order valence-corrected chi connectivity index (χ1v) is 11.1. The first-order valence-electron chi connectivity index (χ1n) is 11.1. The third-order valence-electron chi connectivity index (χ3n) is 5.65. The van der Waals surface area contributed by atoms with E-state index in [1.165, 1.54) is 42.6 Å². The van der Waals surface area contributed by atoms with Gasteiger partial charge in [0.25, 0.3) is 0 Å². The normalized spacial score (nSPS) is 14.2. The summed E-state index contributed by atoms with van der Waals surface area (Å²) in [6.07, 6.45) is 6.65. The van der Waals surface area contributed by atoms with Crippen LogP contribution in [0.5, 0.6) is 0 Å². The fourth-order valence-corrected chi connectivity index (χ4v) is 3.91. The van der Waals surface area contributed by atoms with Crippen molar-refractivity contribution < 1.29 is 0 Å². The van der Waals surface area contributed by atoms with Crippen LogP contribution in [0.3, 0.4) is 0 Å². The summed E-state index contributed by atoms with van der Waals surface area (Å²) in [6, 6.07) is 19.3. The van der Waals surface area contributed by atoms with Crippen LogP contribution in [0.1, 0.15) is 35.1 Å². The van der Waals surface area contributed by atoms with Crippen molar-refractivity contribution in [1.29, 1.82) is 0 Å². The Morgan fingerprint density at radius 2 is 1.47 bits per heavy atom. The first-order chi connectivity index (χ1) is 15.3. The Balaban J connectivity index is 0.00000289. The average Bonchev–Trinajstić information content (AvgIpc) is 3.48. The molecule has 32 heavy (non-hydrogen) atoms. The van der Waals surface area contributed by atoms with Crippen LogP contribution in [-0.4, -0.2) is 40.8 Å². The molecule has 0 unspecified atom stereocenters. The maximum Gasteiger partial charge on any atom is 0.191 e. The van der Waals surface area contributed by atoms with Crippen molar-refractivity contribution in [1.82, 2.24) is 25.3 Å². The third-order valence-corrected chi connectivity index (χ3v) is 5.65. The standard InChI is InChI=1S/C25H32N6.HI/c1-26-25(27-15-21-9-11-23(12-10-21)18-30-13-5-6-14-30)28-16-24-17-29-31(20-24)19-22-7-3-2-4-8-22;/h2-4,7-12,17,20H,5-6,13-16,18-19H2,1H3,(H2,26,27,28);1H. The molecule has 1 aliphatic rings. The molecule has 4 rings (SSSR count). The number of aromatic nitrogens is 2. The van der Waals surface area contributed by atoms with Gasteiger partial charge in [-0.15, -0.1) is 24.0 Å². The number of nitrogens with one attached hydrogen (secondary N) is 2. The van der Waals surface area contributed by atoms with Crippen molar-refractivity contribution in [3.8, 4) is 0 Å². The molecule has 2 aromatic carbocycles. The minimum Gasteiger partial charge on any atom is -0.352 e. The number of likely N-dealkylation sites (tertiary alicyclic amines) is 1. The molecule has 0 amide bonds. The van der Waals surface area contributed by atoms with Gasteiger partial charge in [0.2, 0.25) is 0 Å². The van der Waals surface area contributed by atoms with Crippen LogP contribution in [0.25, 0.3) is 0 Å².